The second-order valence-corrected chi connectivity index (χ2v) is 4.72. The predicted molar refractivity (Wildman–Crippen MR) is 66.2 cm³/mol. The molecule has 2 rings (SSSR count). The van der Waals surface area contributed by atoms with E-state index in [0.717, 1.165) is 4.90 Å². The summed E-state index contributed by atoms with van der Waals surface area (Å²) in [7, 11) is 1.48. The van der Waals surface area contributed by atoms with E-state index in [1.807, 2.05) is 0 Å². The number of ether oxygens (including phenoxy) is 1. The highest BCUT2D eigenvalue weighted by Gasteiger charge is 2.44. The van der Waals surface area contributed by atoms with Gasteiger partial charge in [0.1, 0.15) is 6.04 Å². The molecule has 0 bridgehead atoms. The van der Waals surface area contributed by atoms with Crippen molar-refractivity contribution in [2.24, 2.45) is 0 Å². The third kappa shape index (κ3) is 2.62. The number of imide groups is 1. The number of esters is 1. The van der Waals surface area contributed by atoms with Gasteiger partial charge in [0, 0.05) is 26.7 Å². The summed E-state index contributed by atoms with van der Waals surface area (Å²) in [6, 6.07) is -1.03. The maximum absolute atomic E-state index is 12.0. The second kappa shape index (κ2) is 5.66. The Morgan fingerprint density at radius 2 is 2.21 bits per heavy atom. The van der Waals surface area contributed by atoms with E-state index >= 15 is 0 Å². The minimum Gasteiger partial charge on any atom is -0.465 e. The van der Waals surface area contributed by atoms with Crippen molar-refractivity contribution in [3.63, 3.8) is 0 Å². The molecule has 0 saturated carbocycles. The molecule has 2 fully saturated rings. The van der Waals surface area contributed by atoms with Gasteiger partial charge in [-0.2, -0.15) is 0 Å². The first-order valence-corrected chi connectivity index (χ1v) is 6.49. The lowest BCUT2D eigenvalue weighted by Gasteiger charge is -2.37. The van der Waals surface area contributed by atoms with Crippen LogP contribution in [0.2, 0.25) is 0 Å². The lowest BCUT2D eigenvalue weighted by Crippen LogP contribution is -2.60. The van der Waals surface area contributed by atoms with E-state index in [1.54, 1.807) is 11.8 Å². The molecule has 2 amide bonds. The van der Waals surface area contributed by atoms with Gasteiger partial charge in [0.05, 0.1) is 19.1 Å². The number of piperazine rings is 1. The van der Waals surface area contributed by atoms with Gasteiger partial charge in [-0.15, -0.1) is 0 Å². The molecule has 2 aliphatic heterocycles. The maximum Gasteiger partial charge on any atom is 0.324 e. The van der Waals surface area contributed by atoms with Crippen molar-refractivity contribution in [3.8, 4) is 0 Å². The molecular formula is C12H19N3O4. The van der Waals surface area contributed by atoms with Crippen LogP contribution in [0.15, 0.2) is 0 Å². The zero-order chi connectivity index (χ0) is 14.0. The Balaban J connectivity index is 2.14. The molecule has 0 spiro atoms. The van der Waals surface area contributed by atoms with E-state index in [1.165, 1.54) is 7.05 Å². The third-order valence-electron chi connectivity index (χ3n) is 3.60. The number of carbonyl (C=O) groups is 3. The number of likely N-dealkylation sites (tertiary alicyclic amines) is 1. The highest BCUT2D eigenvalue weighted by Crippen LogP contribution is 2.21. The van der Waals surface area contributed by atoms with E-state index in [0.29, 0.717) is 26.2 Å². The first-order valence-electron chi connectivity index (χ1n) is 6.49. The first-order chi connectivity index (χ1) is 9.06. The Kier molecular flexibility index (Phi) is 4.16. The molecule has 19 heavy (non-hydrogen) atoms. The summed E-state index contributed by atoms with van der Waals surface area (Å²) in [6.07, 6.45) is 0.144. The minimum atomic E-state index is -0.533. The van der Waals surface area contributed by atoms with Gasteiger partial charge < -0.3 is 10.1 Å². The molecule has 7 nitrogen and oxygen atoms in total. The smallest absolute Gasteiger partial charge is 0.324 e. The highest BCUT2D eigenvalue weighted by molar-refractivity contribution is 6.05. The molecule has 1 N–H and O–H groups in total. The fraction of sp³-hybridized carbons (Fsp3) is 0.750. The summed E-state index contributed by atoms with van der Waals surface area (Å²) in [4.78, 5) is 38.5. The van der Waals surface area contributed by atoms with Crippen LogP contribution in [0.3, 0.4) is 0 Å². The lowest BCUT2D eigenvalue weighted by atomic mass is 10.1. The zero-order valence-electron chi connectivity index (χ0n) is 11.2. The topological polar surface area (TPSA) is 79.0 Å². The predicted octanol–water partition coefficient (Wildman–Crippen LogP) is -1.42. The SMILES string of the molecule is CCOC(=O)C1CNCCN1C1CC(=O)N(C)C1=O. The number of amides is 2. The Morgan fingerprint density at radius 1 is 1.47 bits per heavy atom. The van der Waals surface area contributed by atoms with Gasteiger partial charge in [-0.3, -0.25) is 24.2 Å². The number of carbonyl (C=O) groups excluding carboxylic acids is 3. The van der Waals surface area contributed by atoms with Crippen LogP contribution < -0.4 is 5.32 Å². The van der Waals surface area contributed by atoms with Crippen LogP contribution in [0.1, 0.15) is 13.3 Å². The molecule has 0 aromatic carbocycles. The van der Waals surface area contributed by atoms with Gasteiger partial charge >= 0.3 is 5.97 Å². The Hall–Kier alpha value is -1.47. The molecule has 2 saturated heterocycles. The van der Waals surface area contributed by atoms with Crippen molar-refractivity contribution in [1.29, 1.82) is 0 Å². The average Bonchev–Trinajstić information content (AvgIpc) is 2.67. The second-order valence-electron chi connectivity index (χ2n) is 4.72. The molecule has 7 heteroatoms. The summed E-state index contributed by atoms with van der Waals surface area (Å²) in [6.45, 7) is 3.75. The first kappa shape index (κ1) is 14.0. The van der Waals surface area contributed by atoms with Crippen molar-refractivity contribution in [2.75, 3.05) is 33.3 Å². The Bertz CT molecular complexity index is 398. The van der Waals surface area contributed by atoms with Crippen LogP contribution in [-0.4, -0.2) is 73.0 Å². The van der Waals surface area contributed by atoms with Crippen molar-refractivity contribution < 1.29 is 19.1 Å². The van der Waals surface area contributed by atoms with Crippen LogP contribution in [0.25, 0.3) is 0 Å². The third-order valence-corrected chi connectivity index (χ3v) is 3.60. The number of nitrogens with zero attached hydrogens (tertiary/aromatic N) is 2. The quantitative estimate of drug-likeness (QED) is 0.500. The highest BCUT2D eigenvalue weighted by atomic mass is 16.5. The molecular weight excluding hydrogens is 250 g/mol. The minimum absolute atomic E-state index is 0.144. The number of hydrogen-bond donors (Lipinski definition) is 1. The molecule has 0 radical (unpaired) electrons. The molecule has 106 valence electrons. The van der Waals surface area contributed by atoms with E-state index in [-0.39, 0.29) is 24.2 Å². The normalized spacial score (nSPS) is 28.8. The standard InChI is InChI=1S/C12H19N3O4/c1-3-19-12(18)9-7-13-4-5-15(9)8-6-10(16)14(2)11(8)17/h8-9,13H,3-7H2,1-2H3. The molecule has 2 unspecified atom stereocenters. The summed E-state index contributed by atoms with van der Waals surface area (Å²) < 4.78 is 5.03. The Morgan fingerprint density at radius 3 is 2.79 bits per heavy atom. The van der Waals surface area contributed by atoms with E-state index in [4.69, 9.17) is 4.74 Å². The molecule has 2 heterocycles. The van der Waals surface area contributed by atoms with Gasteiger partial charge in [-0.05, 0) is 6.92 Å². The molecule has 0 aromatic heterocycles. The van der Waals surface area contributed by atoms with Crippen molar-refractivity contribution in [2.45, 2.75) is 25.4 Å². The summed E-state index contributed by atoms with van der Waals surface area (Å²) in [5.41, 5.74) is 0. The fourth-order valence-electron chi connectivity index (χ4n) is 2.55. The summed E-state index contributed by atoms with van der Waals surface area (Å²) in [5.74, 6) is -0.776. The number of hydrogen-bond acceptors (Lipinski definition) is 6. The van der Waals surface area contributed by atoms with Crippen LogP contribution in [-0.2, 0) is 19.1 Å². The molecule has 2 atom stereocenters. The zero-order valence-corrected chi connectivity index (χ0v) is 11.2. The largest absolute Gasteiger partial charge is 0.465 e. The van der Waals surface area contributed by atoms with Crippen molar-refractivity contribution in [3.05, 3.63) is 0 Å². The van der Waals surface area contributed by atoms with Crippen LogP contribution in [0.5, 0.6) is 0 Å². The van der Waals surface area contributed by atoms with Crippen LogP contribution >= 0.6 is 0 Å². The molecule has 2 aliphatic rings. The van der Waals surface area contributed by atoms with E-state index in [2.05, 4.69) is 5.32 Å². The number of likely N-dealkylation sites (N-methyl/N-ethyl adjacent to an activating group) is 1. The monoisotopic (exact) mass is 269 g/mol. The van der Waals surface area contributed by atoms with Crippen molar-refractivity contribution >= 4 is 17.8 Å². The van der Waals surface area contributed by atoms with Crippen molar-refractivity contribution in [1.82, 2.24) is 15.1 Å². The number of rotatable bonds is 3. The van der Waals surface area contributed by atoms with Gasteiger partial charge in [-0.1, -0.05) is 0 Å². The summed E-state index contributed by atoms with van der Waals surface area (Å²) >= 11 is 0. The molecule has 0 aromatic rings. The fourth-order valence-corrected chi connectivity index (χ4v) is 2.55. The van der Waals surface area contributed by atoms with Gasteiger partial charge in [-0.25, -0.2) is 0 Å². The van der Waals surface area contributed by atoms with Gasteiger partial charge in [0.2, 0.25) is 11.8 Å². The average molecular weight is 269 g/mol. The van der Waals surface area contributed by atoms with Crippen LogP contribution in [0.4, 0.5) is 0 Å². The van der Waals surface area contributed by atoms with E-state index in [9.17, 15) is 14.4 Å². The van der Waals surface area contributed by atoms with Crippen LogP contribution in [0, 0.1) is 0 Å². The molecule has 0 aliphatic carbocycles. The number of nitrogens with one attached hydrogen (secondary N) is 1. The van der Waals surface area contributed by atoms with Gasteiger partial charge in [0.15, 0.2) is 0 Å². The summed E-state index contributed by atoms with van der Waals surface area (Å²) in [5, 5.41) is 3.11. The van der Waals surface area contributed by atoms with E-state index < -0.39 is 12.1 Å². The van der Waals surface area contributed by atoms with Gasteiger partial charge in [0.25, 0.3) is 0 Å². The maximum atomic E-state index is 12.0. The lowest BCUT2D eigenvalue weighted by molar-refractivity contribution is -0.152. The Labute approximate surface area is 111 Å².